The van der Waals surface area contributed by atoms with Crippen molar-refractivity contribution in [2.45, 2.75) is 26.3 Å². The molecule has 0 bridgehead atoms. The number of benzene rings is 2. The quantitative estimate of drug-likeness (QED) is 0.447. The molecule has 1 fully saturated rings. The van der Waals surface area contributed by atoms with Crippen molar-refractivity contribution >= 4 is 17.4 Å². The third-order valence-electron chi connectivity index (χ3n) is 5.39. The number of carbonyl (C=O) groups excluding carboxylic acids is 2. The lowest BCUT2D eigenvalue weighted by atomic mass is 9.93. The van der Waals surface area contributed by atoms with E-state index in [2.05, 4.69) is 0 Å². The number of carbonyl (C=O) groups is 2. The van der Waals surface area contributed by atoms with Crippen LogP contribution in [0.15, 0.2) is 48.0 Å². The summed E-state index contributed by atoms with van der Waals surface area (Å²) in [5.74, 6) is -2.29. The summed E-state index contributed by atoms with van der Waals surface area (Å²) in [6.45, 7) is 4.69. The van der Waals surface area contributed by atoms with Gasteiger partial charge in [0.1, 0.15) is 11.6 Å². The van der Waals surface area contributed by atoms with E-state index in [-0.39, 0.29) is 23.4 Å². The zero-order valence-corrected chi connectivity index (χ0v) is 17.8. The first-order valence-electron chi connectivity index (χ1n) is 9.97. The van der Waals surface area contributed by atoms with E-state index in [1.165, 1.54) is 11.0 Å². The fourth-order valence-electron chi connectivity index (χ4n) is 3.82. The average Bonchev–Trinajstić information content (AvgIpc) is 2.94. The Labute approximate surface area is 176 Å². The van der Waals surface area contributed by atoms with Gasteiger partial charge in [-0.2, -0.15) is 0 Å². The maximum Gasteiger partial charge on any atom is 0.295 e. The minimum absolute atomic E-state index is 0.0661. The second-order valence-corrected chi connectivity index (χ2v) is 7.99. The first-order chi connectivity index (χ1) is 14.2. The third-order valence-corrected chi connectivity index (χ3v) is 5.39. The highest BCUT2D eigenvalue weighted by molar-refractivity contribution is 6.46. The Kier molecular flexibility index (Phi) is 6.37. The summed E-state index contributed by atoms with van der Waals surface area (Å²) in [7, 11) is 3.84. The molecule has 0 radical (unpaired) electrons. The number of amides is 1. The monoisotopic (exact) mass is 410 g/mol. The topological polar surface area (TPSA) is 60.9 Å². The van der Waals surface area contributed by atoms with Gasteiger partial charge >= 0.3 is 0 Å². The highest BCUT2D eigenvalue weighted by atomic mass is 19.1. The molecule has 0 aliphatic carbocycles. The average molecular weight is 410 g/mol. The Morgan fingerprint density at radius 3 is 2.50 bits per heavy atom. The number of hydrogen-bond donors (Lipinski definition) is 1. The largest absolute Gasteiger partial charge is 0.507 e. The molecule has 1 amide bonds. The molecule has 0 saturated carbocycles. The van der Waals surface area contributed by atoms with Crippen LogP contribution in [-0.2, 0) is 9.59 Å². The van der Waals surface area contributed by atoms with Crippen LogP contribution < -0.4 is 0 Å². The summed E-state index contributed by atoms with van der Waals surface area (Å²) in [6, 6.07) is 10.6. The van der Waals surface area contributed by atoms with Crippen LogP contribution in [-0.4, -0.2) is 53.8 Å². The lowest BCUT2D eigenvalue weighted by Crippen LogP contribution is -2.32. The minimum atomic E-state index is -0.965. The number of aliphatic hydroxyl groups is 1. The van der Waals surface area contributed by atoms with E-state index < -0.39 is 23.5 Å². The summed E-state index contributed by atoms with van der Waals surface area (Å²) < 4.78 is 14.7. The lowest BCUT2D eigenvalue weighted by molar-refractivity contribution is -0.140. The molecule has 1 aliphatic rings. The third kappa shape index (κ3) is 4.14. The Balaban J connectivity index is 2.16. The zero-order chi connectivity index (χ0) is 22.0. The van der Waals surface area contributed by atoms with Gasteiger partial charge in [-0.15, -0.1) is 0 Å². The predicted molar refractivity (Wildman–Crippen MR) is 114 cm³/mol. The molecule has 158 valence electrons. The maximum absolute atomic E-state index is 14.7. The van der Waals surface area contributed by atoms with Gasteiger partial charge in [-0.3, -0.25) is 9.59 Å². The number of halogens is 1. The van der Waals surface area contributed by atoms with E-state index in [0.717, 1.165) is 11.1 Å². The molecule has 1 atom stereocenters. The SMILES string of the molecule is Cc1ccc(C)c(/C(O)=C2\C(=O)C(=O)N(CCCN(C)C)C2c2ccccc2F)c1. The molecule has 6 heteroatoms. The molecule has 0 aromatic heterocycles. The molecule has 1 N–H and O–H groups in total. The minimum Gasteiger partial charge on any atom is -0.507 e. The number of aliphatic hydroxyl groups excluding tert-OH is 1. The second-order valence-electron chi connectivity index (χ2n) is 7.99. The van der Waals surface area contributed by atoms with Crippen LogP contribution in [0.5, 0.6) is 0 Å². The van der Waals surface area contributed by atoms with Crippen molar-refractivity contribution in [2.75, 3.05) is 27.2 Å². The number of rotatable bonds is 6. The number of nitrogens with zero attached hydrogens (tertiary/aromatic N) is 2. The van der Waals surface area contributed by atoms with Gasteiger partial charge < -0.3 is 14.9 Å². The molecule has 5 nitrogen and oxygen atoms in total. The van der Waals surface area contributed by atoms with Crippen molar-refractivity contribution < 1.29 is 19.1 Å². The first kappa shape index (κ1) is 21.7. The van der Waals surface area contributed by atoms with E-state index in [1.807, 2.05) is 45.0 Å². The number of likely N-dealkylation sites (tertiary alicyclic amines) is 1. The van der Waals surface area contributed by atoms with Gasteiger partial charge in [0.05, 0.1) is 11.6 Å². The van der Waals surface area contributed by atoms with Crippen LogP contribution in [0, 0.1) is 19.7 Å². The molecule has 2 aromatic carbocycles. The van der Waals surface area contributed by atoms with Gasteiger partial charge in [-0.05, 0) is 58.6 Å². The van der Waals surface area contributed by atoms with E-state index in [4.69, 9.17) is 0 Å². The summed E-state index contributed by atoms with van der Waals surface area (Å²) in [4.78, 5) is 29.2. The fraction of sp³-hybridized carbons (Fsp3) is 0.333. The van der Waals surface area contributed by atoms with Crippen LogP contribution in [0.3, 0.4) is 0 Å². The Hall–Kier alpha value is -2.99. The van der Waals surface area contributed by atoms with E-state index in [0.29, 0.717) is 18.5 Å². The highest BCUT2D eigenvalue weighted by Crippen LogP contribution is 2.40. The van der Waals surface area contributed by atoms with Crippen molar-refractivity contribution in [3.05, 3.63) is 76.1 Å². The highest BCUT2D eigenvalue weighted by Gasteiger charge is 2.46. The molecule has 1 unspecified atom stereocenters. The van der Waals surface area contributed by atoms with Crippen LogP contribution in [0.25, 0.3) is 5.76 Å². The van der Waals surface area contributed by atoms with Gasteiger partial charge in [0.25, 0.3) is 11.7 Å². The normalized spacial score (nSPS) is 18.5. The van der Waals surface area contributed by atoms with E-state index in [9.17, 15) is 19.1 Å². The molecule has 2 aromatic rings. The Morgan fingerprint density at radius 2 is 1.83 bits per heavy atom. The van der Waals surface area contributed by atoms with Crippen LogP contribution >= 0.6 is 0 Å². The second kappa shape index (κ2) is 8.79. The van der Waals surface area contributed by atoms with Gasteiger partial charge in [0, 0.05) is 17.7 Å². The summed E-state index contributed by atoms with van der Waals surface area (Å²) in [5.41, 5.74) is 2.29. The summed E-state index contributed by atoms with van der Waals surface area (Å²) in [6.07, 6.45) is 0.620. The van der Waals surface area contributed by atoms with Gasteiger partial charge in [0.15, 0.2) is 0 Å². The zero-order valence-electron chi connectivity index (χ0n) is 17.8. The van der Waals surface area contributed by atoms with Crippen LogP contribution in [0.2, 0.25) is 0 Å². The molecule has 3 rings (SSSR count). The van der Waals surface area contributed by atoms with Crippen molar-refractivity contribution in [1.82, 2.24) is 9.80 Å². The molecule has 0 spiro atoms. The van der Waals surface area contributed by atoms with Crippen molar-refractivity contribution in [3.63, 3.8) is 0 Å². The molecule has 1 aliphatic heterocycles. The summed E-state index contributed by atoms with van der Waals surface area (Å²) >= 11 is 0. The molecular formula is C24H27FN2O3. The molecule has 1 heterocycles. The number of aryl methyl sites for hydroxylation is 2. The van der Waals surface area contributed by atoms with E-state index >= 15 is 0 Å². The van der Waals surface area contributed by atoms with Crippen LogP contribution in [0.4, 0.5) is 4.39 Å². The predicted octanol–water partition coefficient (Wildman–Crippen LogP) is 3.82. The van der Waals surface area contributed by atoms with Crippen LogP contribution in [0.1, 0.15) is 34.7 Å². The van der Waals surface area contributed by atoms with E-state index in [1.54, 1.807) is 24.3 Å². The smallest absolute Gasteiger partial charge is 0.295 e. The molecular weight excluding hydrogens is 383 g/mol. The van der Waals surface area contributed by atoms with Gasteiger partial charge in [0.2, 0.25) is 0 Å². The summed E-state index contributed by atoms with van der Waals surface area (Å²) in [5, 5.41) is 11.1. The Morgan fingerprint density at radius 1 is 1.13 bits per heavy atom. The van der Waals surface area contributed by atoms with Crippen molar-refractivity contribution in [1.29, 1.82) is 0 Å². The Bertz CT molecular complexity index is 1010. The van der Waals surface area contributed by atoms with Crippen molar-refractivity contribution in [2.24, 2.45) is 0 Å². The maximum atomic E-state index is 14.7. The standard InChI is InChI=1S/C24H27FN2O3/c1-15-10-11-16(2)18(14-15)22(28)20-21(17-8-5-6-9-19(17)25)27(24(30)23(20)29)13-7-12-26(3)4/h5-6,8-11,14,21,28H,7,12-13H2,1-4H3/b22-20+. The number of ketones is 1. The first-order valence-corrected chi connectivity index (χ1v) is 9.97. The fourth-order valence-corrected chi connectivity index (χ4v) is 3.82. The molecule has 1 saturated heterocycles. The van der Waals surface area contributed by atoms with Gasteiger partial charge in [-0.25, -0.2) is 4.39 Å². The van der Waals surface area contributed by atoms with Gasteiger partial charge in [-0.1, -0.05) is 35.9 Å². The number of Topliss-reactive ketones (excluding diaryl/α,β-unsaturated/α-hetero) is 1. The number of hydrogen-bond acceptors (Lipinski definition) is 4. The van der Waals surface area contributed by atoms with Crippen molar-refractivity contribution in [3.8, 4) is 0 Å². The lowest BCUT2D eigenvalue weighted by Gasteiger charge is -2.26. The molecule has 30 heavy (non-hydrogen) atoms.